The molecular formula is C16H22N4. The third-order valence-electron chi connectivity index (χ3n) is 4.94. The zero-order valence-corrected chi connectivity index (χ0v) is 11.8. The van der Waals surface area contributed by atoms with Crippen molar-refractivity contribution < 1.29 is 0 Å². The number of fused-ring (bicyclic) bond motifs is 4. The van der Waals surface area contributed by atoms with Crippen molar-refractivity contribution in [1.29, 1.82) is 0 Å². The molecule has 106 valence electrons. The minimum Gasteiger partial charge on any atom is -0.311 e. The van der Waals surface area contributed by atoms with E-state index in [2.05, 4.69) is 44.3 Å². The number of piperidine rings is 3. The van der Waals surface area contributed by atoms with Gasteiger partial charge in [-0.2, -0.15) is 5.10 Å². The lowest BCUT2D eigenvalue weighted by atomic mass is 9.84. The van der Waals surface area contributed by atoms with Crippen LogP contribution in [0.15, 0.2) is 30.5 Å². The first-order valence-corrected chi connectivity index (χ1v) is 7.76. The molecule has 1 aromatic heterocycles. The Kier molecular flexibility index (Phi) is 3.20. The van der Waals surface area contributed by atoms with Crippen molar-refractivity contribution in [3.63, 3.8) is 0 Å². The van der Waals surface area contributed by atoms with Crippen molar-refractivity contribution in [2.24, 2.45) is 5.92 Å². The lowest BCUT2D eigenvalue weighted by Gasteiger charge is -2.45. The summed E-state index contributed by atoms with van der Waals surface area (Å²) in [4.78, 5) is 2.60. The van der Waals surface area contributed by atoms with Crippen LogP contribution < -0.4 is 5.32 Å². The van der Waals surface area contributed by atoms with E-state index in [0.717, 1.165) is 19.0 Å². The second-order valence-electron chi connectivity index (χ2n) is 6.13. The Hall–Kier alpha value is -1.39. The summed E-state index contributed by atoms with van der Waals surface area (Å²) in [6, 6.07) is 9.12. The van der Waals surface area contributed by atoms with Crippen LogP contribution in [0.3, 0.4) is 0 Å². The zero-order chi connectivity index (χ0) is 13.4. The van der Waals surface area contributed by atoms with E-state index in [1.54, 1.807) is 0 Å². The number of benzene rings is 1. The number of para-hydroxylation sites is 1. The number of nitrogens with one attached hydrogen (secondary N) is 1. The number of hydrogen-bond acceptors (Lipinski definition) is 3. The summed E-state index contributed by atoms with van der Waals surface area (Å²) in [5.41, 5.74) is 1.24. The molecule has 2 bridgehead atoms. The van der Waals surface area contributed by atoms with Gasteiger partial charge in [0.15, 0.2) is 0 Å². The summed E-state index contributed by atoms with van der Waals surface area (Å²) in [5, 5.41) is 9.48. The molecule has 1 N–H and O–H groups in total. The normalized spacial score (nSPS) is 29.1. The molecule has 0 aliphatic carbocycles. The third kappa shape index (κ3) is 2.23. The molecular weight excluding hydrogens is 248 g/mol. The predicted octanol–water partition coefficient (Wildman–Crippen LogP) is 1.72. The van der Waals surface area contributed by atoms with Crippen LogP contribution >= 0.6 is 0 Å². The van der Waals surface area contributed by atoms with Gasteiger partial charge in [0.25, 0.3) is 0 Å². The van der Waals surface area contributed by atoms with Crippen LogP contribution in [-0.4, -0.2) is 46.9 Å². The predicted molar refractivity (Wildman–Crippen MR) is 80.7 cm³/mol. The smallest absolute Gasteiger partial charge is 0.0682 e. The summed E-state index contributed by atoms with van der Waals surface area (Å²) in [6.45, 7) is 5.83. The first kappa shape index (κ1) is 12.4. The van der Waals surface area contributed by atoms with Gasteiger partial charge in [0.1, 0.15) is 0 Å². The molecule has 3 saturated heterocycles. The van der Waals surface area contributed by atoms with Crippen LogP contribution in [0.25, 0.3) is 10.9 Å². The molecule has 3 aliphatic rings. The Balaban J connectivity index is 1.37. The molecule has 3 fully saturated rings. The number of rotatable bonds is 4. The Morgan fingerprint density at radius 2 is 2.05 bits per heavy atom. The fourth-order valence-corrected chi connectivity index (χ4v) is 3.76. The fraction of sp³-hybridized carbons (Fsp3) is 0.562. The van der Waals surface area contributed by atoms with E-state index in [-0.39, 0.29) is 0 Å². The highest BCUT2D eigenvalue weighted by Crippen LogP contribution is 2.27. The molecule has 1 aromatic carbocycles. The molecule has 3 aliphatic heterocycles. The second-order valence-corrected chi connectivity index (χ2v) is 6.13. The Bertz CT molecular complexity index is 583. The first-order chi connectivity index (χ1) is 9.90. The van der Waals surface area contributed by atoms with Crippen molar-refractivity contribution in [2.75, 3.05) is 26.2 Å². The van der Waals surface area contributed by atoms with Gasteiger partial charge < -0.3 is 10.2 Å². The maximum atomic E-state index is 4.49. The summed E-state index contributed by atoms with van der Waals surface area (Å²) in [6.07, 6.45) is 4.72. The Morgan fingerprint density at radius 1 is 1.20 bits per heavy atom. The monoisotopic (exact) mass is 270 g/mol. The van der Waals surface area contributed by atoms with Gasteiger partial charge in [-0.3, -0.25) is 4.68 Å². The SMILES string of the molecule is c1ccc2c(c1)cnn2CCN[C@@H]1CN2CCC1CC2. The molecule has 4 heteroatoms. The van der Waals surface area contributed by atoms with E-state index in [0.29, 0.717) is 6.04 Å². The molecule has 0 amide bonds. The van der Waals surface area contributed by atoms with Crippen molar-refractivity contribution in [2.45, 2.75) is 25.4 Å². The molecule has 0 spiro atoms. The molecule has 0 saturated carbocycles. The number of nitrogens with zero attached hydrogens (tertiary/aromatic N) is 3. The van der Waals surface area contributed by atoms with Crippen LogP contribution in [0.1, 0.15) is 12.8 Å². The van der Waals surface area contributed by atoms with Crippen LogP contribution in [0.4, 0.5) is 0 Å². The van der Waals surface area contributed by atoms with Crippen molar-refractivity contribution in [1.82, 2.24) is 20.0 Å². The molecule has 4 nitrogen and oxygen atoms in total. The van der Waals surface area contributed by atoms with Gasteiger partial charge in [0.05, 0.1) is 18.3 Å². The number of hydrogen-bond donors (Lipinski definition) is 1. The maximum Gasteiger partial charge on any atom is 0.0682 e. The van der Waals surface area contributed by atoms with Crippen LogP contribution in [-0.2, 0) is 6.54 Å². The minimum atomic E-state index is 0.694. The number of aromatic nitrogens is 2. The molecule has 0 unspecified atom stereocenters. The van der Waals surface area contributed by atoms with Gasteiger partial charge in [-0.15, -0.1) is 0 Å². The van der Waals surface area contributed by atoms with Crippen molar-refractivity contribution in [3.05, 3.63) is 30.5 Å². The summed E-state index contributed by atoms with van der Waals surface area (Å²) < 4.78 is 2.11. The maximum absolute atomic E-state index is 4.49. The molecule has 4 heterocycles. The van der Waals surface area contributed by atoms with Crippen molar-refractivity contribution in [3.8, 4) is 0 Å². The molecule has 0 radical (unpaired) electrons. The highest BCUT2D eigenvalue weighted by atomic mass is 15.3. The minimum absolute atomic E-state index is 0.694. The summed E-state index contributed by atoms with van der Waals surface area (Å²) in [5.74, 6) is 0.898. The molecule has 20 heavy (non-hydrogen) atoms. The third-order valence-corrected chi connectivity index (χ3v) is 4.94. The van der Waals surface area contributed by atoms with Crippen LogP contribution in [0.5, 0.6) is 0 Å². The first-order valence-electron chi connectivity index (χ1n) is 7.76. The largest absolute Gasteiger partial charge is 0.311 e. The highest BCUT2D eigenvalue weighted by molar-refractivity contribution is 5.78. The van der Waals surface area contributed by atoms with Gasteiger partial charge in [-0.25, -0.2) is 0 Å². The van der Waals surface area contributed by atoms with E-state index < -0.39 is 0 Å². The summed E-state index contributed by atoms with van der Waals surface area (Å²) in [7, 11) is 0. The van der Waals surface area contributed by atoms with Crippen molar-refractivity contribution >= 4 is 10.9 Å². The average molecular weight is 270 g/mol. The lowest BCUT2D eigenvalue weighted by Crippen LogP contribution is -2.56. The van der Waals surface area contributed by atoms with Gasteiger partial charge in [-0.05, 0) is 37.9 Å². The quantitative estimate of drug-likeness (QED) is 0.918. The van der Waals surface area contributed by atoms with Gasteiger partial charge in [0, 0.05) is 24.5 Å². The van der Waals surface area contributed by atoms with E-state index in [1.165, 1.54) is 43.4 Å². The lowest BCUT2D eigenvalue weighted by molar-refractivity contribution is 0.0724. The van der Waals surface area contributed by atoms with E-state index in [9.17, 15) is 0 Å². The second kappa shape index (κ2) is 5.19. The molecule has 2 aromatic rings. The van der Waals surface area contributed by atoms with Crippen LogP contribution in [0, 0.1) is 5.92 Å². The topological polar surface area (TPSA) is 33.1 Å². The van der Waals surface area contributed by atoms with Gasteiger partial charge in [-0.1, -0.05) is 18.2 Å². The Morgan fingerprint density at radius 3 is 2.85 bits per heavy atom. The van der Waals surface area contributed by atoms with E-state index in [4.69, 9.17) is 0 Å². The van der Waals surface area contributed by atoms with Gasteiger partial charge >= 0.3 is 0 Å². The zero-order valence-electron chi connectivity index (χ0n) is 11.8. The van der Waals surface area contributed by atoms with E-state index >= 15 is 0 Å². The van der Waals surface area contributed by atoms with Crippen LogP contribution in [0.2, 0.25) is 0 Å². The Labute approximate surface area is 119 Å². The standard InChI is InChI=1S/C16H22N4/c1-2-4-16-14(3-1)11-18-20(16)10-7-17-15-12-19-8-5-13(15)6-9-19/h1-4,11,13,15,17H,5-10,12H2/t15-/m1/s1. The average Bonchev–Trinajstić information content (AvgIpc) is 2.92. The molecule has 5 rings (SSSR count). The fourth-order valence-electron chi connectivity index (χ4n) is 3.76. The van der Waals surface area contributed by atoms with E-state index in [1.807, 2.05) is 6.20 Å². The van der Waals surface area contributed by atoms with Gasteiger partial charge in [0.2, 0.25) is 0 Å². The summed E-state index contributed by atoms with van der Waals surface area (Å²) >= 11 is 0. The molecule has 1 atom stereocenters. The highest BCUT2D eigenvalue weighted by Gasteiger charge is 2.33.